The summed E-state index contributed by atoms with van der Waals surface area (Å²) < 4.78 is 2.21. The van der Waals surface area contributed by atoms with Gasteiger partial charge in [0.05, 0.1) is 12.2 Å². The van der Waals surface area contributed by atoms with Crippen molar-refractivity contribution in [3.05, 3.63) is 18.0 Å². The van der Waals surface area contributed by atoms with Gasteiger partial charge >= 0.3 is 0 Å². The Morgan fingerprint density at radius 2 is 2.53 bits per heavy atom. The Morgan fingerprint density at radius 1 is 1.71 bits per heavy atom. The van der Waals surface area contributed by atoms with E-state index in [0.717, 1.165) is 13.0 Å². The lowest BCUT2D eigenvalue weighted by Crippen LogP contribution is -2.41. The van der Waals surface area contributed by atoms with E-state index in [1.165, 1.54) is 24.2 Å². The van der Waals surface area contributed by atoms with Crippen molar-refractivity contribution in [3.63, 3.8) is 0 Å². The monoisotopic (exact) mass is 254 g/mol. The number of nitrogens with one attached hydrogen (secondary N) is 1. The van der Waals surface area contributed by atoms with Crippen LogP contribution in [0.2, 0.25) is 0 Å². The van der Waals surface area contributed by atoms with Gasteiger partial charge in [0.1, 0.15) is 0 Å². The Labute approximate surface area is 107 Å². The van der Waals surface area contributed by atoms with Crippen LogP contribution in [-0.2, 0) is 6.54 Å². The Balaban J connectivity index is 2.16. The van der Waals surface area contributed by atoms with Crippen LogP contribution in [0.4, 0.5) is 0 Å². The number of hydrazine groups is 1. The molecule has 1 aliphatic heterocycles. The molecule has 96 valence electrons. The maximum Gasteiger partial charge on any atom is 0.0634 e. The van der Waals surface area contributed by atoms with Crippen LogP contribution in [0.5, 0.6) is 0 Å². The fraction of sp³-hybridized carbons (Fsp3) is 0.750. The summed E-state index contributed by atoms with van der Waals surface area (Å²) in [6.45, 7) is 5.43. The summed E-state index contributed by atoms with van der Waals surface area (Å²) in [5, 5.41) is 4.39. The van der Waals surface area contributed by atoms with Gasteiger partial charge < -0.3 is 0 Å². The number of aromatic nitrogens is 2. The van der Waals surface area contributed by atoms with Gasteiger partial charge in [0, 0.05) is 23.1 Å². The molecule has 2 heterocycles. The van der Waals surface area contributed by atoms with Crippen LogP contribution >= 0.6 is 11.8 Å². The molecule has 0 aromatic carbocycles. The van der Waals surface area contributed by atoms with Crippen molar-refractivity contribution in [3.8, 4) is 0 Å². The summed E-state index contributed by atoms with van der Waals surface area (Å²) in [6, 6.07) is 0.195. The van der Waals surface area contributed by atoms with Crippen LogP contribution < -0.4 is 11.3 Å². The normalized spacial score (nSPS) is 26.3. The van der Waals surface area contributed by atoms with Crippen molar-refractivity contribution in [1.29, 1.82) is 0 Å². The van der Waals surface area contributed by atoms with E-state index in [9.17, 15) is 0 Å². The highest BCUT2D eigenvalue weighted by atomic mass is 32.2. The second-order valence-electron chi connectivity index (χ2n) is 4.90. The minimum atomic E-state index is 0.195. The number of nitrogens with zero attached hydrogens (tertiary/aromatic N) is 2. The molecule has 0 bridgehead atoms. The lowest BCUT2D eigenvalue weighted by molar-refractivity contribution is 0.420. The van der Waals surface area contributed by atoms with E-state index in [4.69, 9.17) is 5.84 Å². The van der Waals surface area contributed by atoms with Crippen molar-refractivity contribution in [2.45, 2.75) is 50.4 Å². The third-order valence-electron chi connectivity index (χ3n) is 3.47. The van der Waals surface area contributed by atoms with E-state index in [1.54, 1.807) is 0 Å². The summed E-state index contributed by atoms with van der Waals surface area (Å²) in [6.07, 6.45) is 7.67. The molecule has 2 unspecified atom stereocenters. The predicted octanol–water partition coefficient (Wildman–Crippen LogP) is 2.08. The molecule has 0 saturated carbocycles. The highest BCUT2D eigenvalue weighted by Crippen LogP contribution is 2.46. The summed E-state index contributed by atoms with van der Waals surface area (Å²) >= 11 is 2.02. The van der Waals surface area contributed by atoms with Gasteiger partial charge in [-0.1, -0.05) is 6.92 Å². The first-order valence-electron chi connectivity index (χ1n) is 6.32. The summed E-state index contributed by atoms with van der Waals surface area (Å²) in [4.78, 5) is 0. The van der Waals surface area contributed by atoms with Crippen molar-refractivity contribution < 1.29 is 0 Å². The molecule has 2 rings (SSSR count). The Hall–Kier alpha value is -0.520. The number of nitrogens with two attached hydrogens (primary N) is 1. The SMILES string of the molecule is CCCn1cc(C(NN)C2(C)CCCS2)cn1. The van der Waals surface area contributed by atoms with E-state index in [1.807, 2.05) is 22.6 Å². The molecule has 5 heteroatoms. The largest absolute Gasteiger partial charge is 0.272 e. The Morgan fingerprint density at radius 3 is 3.12 bits per heavy atom. The standard InChI is InChI=1S/C12H22N4S/c1-3-6-16-9-10(8-14-16)11(15-13)12(2)5-4-7-17-12/h8-9,11,15H,3-7,13H2,1-2H3. The minimum absolute atomic E-state index is 0.195. The van der Waals surface area contributed by atoms with Crippen molar-refractivity contribution >= 4 is 11.8 Å². The van der Waals surface area contributed by atoms with Crippen molar-refractivity contribution in [2.75, 3.05) is 5.75 Å². The number of rotatable bonds is 5. The molecule has 1 aromatic rings. The van der Waals surface area contributed by atoms with Gasteiger partial charge in [0.25, 0.3) is 0 Å². The average molecular weight is 254 g/mol. The van der Waals surface area contributed by atoms with E-state index in [2.05, 4.69) is 30.6 Å². The fourth-order valence-corrected chi connectivity index (χ4v) is 3.95. The summed E-state index contributed by atoms with van der Waals surface area (Å²) in [7, 11) is 0. The topological polar surface area (TPSA) is 55.9 Å². The highest BCUT2D eigenvalue weighted by molar-refractivity contribution is 8.00. The molecule has 2 atom stereocenters. The van der Waals surface area contributed by atoms with Gasteiger partial charge in [-0.25, -0.2) is 0 Å². The molecular weight excluding hydrogens is 232 g/mol. The minimum Gasteiger partial charge on any atom is -0.272 e. The molecule has 17 heavy (non-hydrogen) atoms. The van der Waals surface area contributed by atoms with Crippen molar-refractivity contribution in [2.24, 2.45) is 5.84 Å². The zero-order valence-corrected chi connectivity index (χ0v) is 11.5. The molecule has 0 aliphatic carbocycles. The van der Waals surface area contributed by atoms with Crippen LogP contribution in [0.15, 0.2) is 12.4 Å². The van der Waals surface area contributed by atoms with Crippen LogP contribution in [-0.4, -0.2) is 20.3 Å². The van der Waals surface area contributed by atoms with Gasteiger partial charge in [0.15, 0.2) is 0 Å². The molecule has 0 spiro atoms. The Bertz CT molecular complexity index is 357. The predicted molar refractivity (Wildman–Crippen MR) is 72.7 cm³/mol. The van der Waals surface area contributed by atoms with Crippen LogP contribution in [0.25, 0.3) is 0 Å². The zero-order chi connectivity index (χ0) is 12.3. The molecular formula is C12H22N4S. The summed E-state index contributed by atoms with van der Waals surface area (Å²) in [5.41, 5.74) is 4.19. The first-order valence-corrected chi connectivity index (χ1v) is 7.30. The first kappa shape index (κ1) is 12.9. The van der Waals surface area contributed by atoms with E-state index < -0.39 is 0 Å². The molecule has 1 aliphatic rings. The number of thioether (sulfide) groups is 1. The lowest BCUT2D eigenvalue weighted by atomic mass is 9.92. The van der Waals surface area contributed by atoms with Gasteiger partial charge in [-0.05, 0) is 31.9 Å². The number of aryl methyl sites for hydroxylation is 1. The van der Waals surface area contributed by atoms with Gasteiger partial charge in [0.2, 0.25) is 0 Å². The summed E-state index contributed by atoms with van der Waals surface area (Å²) in [5.74, 6) is 6.99. The maximum atomic E-state index is 5.75. The molecule has 4 nitrogen and oxygen atoms in total. The van der Waals surface area contributed by atoms with E-state index >= 15 is 0 Å². The molecule has 0 amide bonds. The molecule has 1 fully saturated rings. The highest BCUT2D eigenvalue weighted by Gasteiger charge is 2.38. The van der Waals surface area contributed by atoms with Crippen LogP contribution in [0, 0.1) is 0 Å². The second-order valence-corrected chi connectivity index (χ2v) is 6.53. The lowest BCUT2D eigenvalue weighted by Gasteiger charge is -2.32. The number of hydrogen-bond donors (Lipinski definition) is 2. The third kappa shape index (κ3) is 2.67. The quantitative estimate of drug-likeness (QED) is 0.624. The zero-order valence-electron chi connectivity index (χ0n) is 10.6. The van der Waals surface area contributed by atoms with Crippen molar-refractivity contribution in [1.82, 2.24) is 15.2 Å². The third-order valence-corrected chi connectivity index (χ3v) is 5.06. The van der Waals surface area contributed by atoms with Crippen LogP contribution in [0.3, 0.4) is 0 Å². The Kier molecular flexibility index (Phi) is 4.12. The molecule has 1 aromatic heterocycles. The van der Waals surface area contributed by atoms with Gasteiger partial charge in [-0.15, -0.1) is 0 Å². The molecule has 0 radical (unpaired) electrons. The second kappa shape index (κ2) is 5.42. The smallest absolute Gasteiger partial charge is 0.0634 e. The first-order chi connectivity index (χ1) is 8.19. The van der Waals surface area contributed by atoms with Crippen LogP contribution in [0.1, 0.15) is 44.7 Å². The van der Waals surface area contributed by atoms with E-state index in [-0.39, 0.29) is 10.8 Å². The maximum absolute atomic E-state index is 5.75. The molecule has 1 saturated heterocycles. The van der Waals surface area contributed by atoms with E-state index in [0.29, 0.717) is 0 Å². The van der Waals surface area contributed by atoms with Gasteiger partial charge in [-0.3, -0.25) is 16.0 Å². The number of hydrogen-bond acceptors (Lipinski definition) is 4. The molecule has 3 N–H and O–H groups in total. The van der Waals surface area contributed by atoms with Gasteiger partial charge in [-0.2, -0.15) is 16.9 Å². The average Bonchev–Trinajstić information content (AvgIpc) is 2.91. The fourth-order valence-electron chi connectivity index (χ4n) is 2.53.